The predicted octanol–water partition coefficient (Wildman–Crippen LogP) is 3.87. The number of urea groups is 1. The molecule has 172 valence electrons. The van der Waals surface area contributed by atoms with Crippen molar-refractivity contribution in [3.63, 3.8) is 0 Å². The summed E-state index contributed by atoms with van der Waals surface area (Å²) in [6.45, 7) is 3.30. The number of benzene rings is 2. The Balaban J connectivity index is 1.37. The average molecular weight is 460 g/mol. The lowest BCUT2D eigenvalue weighted by molar-refractivity contribution is 0.197. The zero-order chi connectivity index (χ0) is 22.7. The van der Waals surface area contributed by atoms with E-state index in [1.165, 1.54) is 40.4 Å². The molecule has 1 saturated heterocycles. The summed E-state index contributed by atoms with van der Waals surface area (Å²) < 4.78 is 40.3. The highest BCUT2D eigenvalue weighted by atomic mass is 32.2. The number of hydrogen-bond donors (Lipinski definition) is 1. The first kappa shape index (κ1) is 22.7. The van der Waals surface area contributed by atoms with Crippen molar-refractivity contribution in [3.05, 3.63) is 65.0 Å². The van der Waals surface area contributed by atoms with E-state index >= 15 is 0 Å². The zero-order valence-corrected chi connectivity index (χ0v) is 19.2. The number of hydrogen-bond acceptors (Lipinski definition) is 3. The van der Waals surface area contributed by atoms with E-state index < -0.39 is 15.8 Å². The van der Waals surface area contributed by atoms with Gasteiger partial charge in [-0.15, -0.1) is 0 Å². The first-order chi connectivity index (χ1) is 15.3. The maximum absolute atomic E-state index is 13.2. The maximum atomic E-state index is 13.2. The molecule has 0 spiro atoms. The lowest BCUT2D eigenvalue weighted by Gasteiger charge is -2.25. The van der Waals surface area contributed by atoms with Crippen LogP contribution in [0.1, 0.15) is 48.9 Å². The number of halogens is 1. The lowest BCUT2D eigenvalue weighted by atomic mass is 9.89. The topological polar surface area (TPSA) is 69.7 Å². The molecule has 8 heteroatoms. The molecule has 0 radical (unpaired) electrons. The Bertz CT molecular complexity index is 1070. The second-order valence-electron chi connectivity index (χ2n) is 8.61. The van der Waals surface area contributed by atoms with Gasteiger partial charge in [0.1, 0.15) is 5.82 Å². The summed E-state index contributed by atoms with van der Waals surface area (Å²) in [6, 6.07) is 11.0. The van der Waals surface area contributed by atoms with Crippen LogP contribution in [0.2, 0.25) is 0 Å². The van der Waals surface area contributed by atoms with E-state index in [-0.39, 0.29) is 23.5 Å². The minimum absolute atomic E-state index is 0.0674. The summed E-state index contributed by atoms with van der Waals surface area (Å²) >= 11 is 0. The van der Waals surface area contributed by atoms with Crippen LogP contribution in [-0.4, -0.2) is 49.8 Å². The molecule has 2 amide bonds. The third kappa shape index (κ3) is 4.96. The number of nitrogens with one attached hydrogen (secondary N) is 1. The molecule has 1 aliphatic heterocycles. The van der Waals surface area contributed by atoms with E-state index in [1.54, 1.807) is 4.90 Å². The largest absolute Gasteiger partial charge is 0.331 e. The van der Waals surface area contributed by atoms with Crippen molar-refractivity contribution >= 4 is 16.1 Å². The standard InChI is InChI=1S/C24H30FN3O3S/c1-18(20-8-7-19-5-2-3-6-21(19)17-20)26-24(29)27-13-4-14-28(16-15-27)32(30,31)23-11-9-22(25)10-12-23/h7-12,17-18H,2-6,13-16H2,1H3,(H,26,29). The van der Waals surface area contributed by atoms with E-state index in [0.717, 1.165) is 30.5 Å². The van der Waals surface area contributed by atoms with Gasteiger partial charge in [-0.3, -0.25) is 0 Å². The number of fused-ring (bicyclic) bond motifs is 1. The predicted molar refractivity (Wildman–Crippen MR) is 121 cm³/mol. The third-order valence-electron chi connectivity index (χ3n) is 6.41. The smallest absolute Gasteiger partial charge is 0.317 e. The normalized spacial score (nSPS) is 18.5. The molecular formula is C24H30FN3O3S. The fraction of sp³-hybridized carbons (Fsp3) is 0.458. The Morgan fingerprint density at radius 2 is 1.66 bits per heavy atom. The Morgan fingerprint density at radius 1 is 0.938 bits per heavy atom. The Hall–Kier alpha value is -2.45. The summed E-state index contributed by atoms with van der Waals surface area (Å²) in [5.74, 6) is -0.476. The Kier molecular flexibility index (Phi) is 6.81. The number of aryl methyl sites for hydroxylation is 2. The number of rotatable bonds is 4. The van der Waals surface area contributed by atoms with E-state index in [4.69, 9.17) is 0 Å². The van der Waals surface area contributed by atoms with Crippen LogP contribution >= 0.6 is 0 Å². The van der Waals surface area contributed by atoms with Crippen molar-refractivity contribution in [1.82, 2.24) is 14.5 Å². The highest BCUT2D eigenvalue weighted by Crippen LogP contribution is 2.25. The zero-order valence-electron chi connectivity index (χ0n) is 18.4. The minimum Gasteiger partial charge on any atom is -0.331 e. The molecule has 2 aromatic carbocycles. The fourth-order valence-corrected chi connectivity index (χ4v) is 5.95. The summed E-state index contributed by atoms with van der Waals surface area (Å²) in [7, 11) is -3.72. The molecular weight excluding hydrogens is 429 g/mol. The third-order valence-corrected chi connectivity index (χ3v) is 8.32. The molecule has 1 unspecified atom stereocenters. The first-order valence-corrected chi connectivity index (χ1v) is 12.7. The van der Waals surface area contributed by atoms with E-state index in [1.807, 2.05) is 6.92 Å². The van der Waals surface area contributed by atoms with Crippen molar-refractivity contribution in [2.24, 2.45) is 0 Å². The number of amides is 2. The van der Waals surface area contributed by atoms with E-state index in [2.05, 4.69) is 23.5 Å². The second kappa shape index (κ2) is 9.58. The number of carbonyl (C=O) groups excluding carboxylic acids is 1. The molecule has 2 aromatic rings. The van der Waals surface area contributed by atoms with E-state index in [0.29, 0.717) is 26.1 Å². The number of nitrogens with zero attached hydrogens (tertiary/aromatic N) is 2. The quantitative estimate of drug-likeness (QED) is 0.755. The summed E-state index contributed by atoms with van der Waals surface area (Å²) in [5, 5.41) is 3.07. The molecule has 1 aliphatic carbocycles. The van der Waals surface area contributed by atoms with Gasteiger partial charge in [0.05, 0.1) is 10.9 Å². The summed E-state index contributed by atoms with van der Waals surface area (Å²) in [4.78, 5) is 14.6. The van der Waals surface area contributed by atoms with E-state index in [9.17, 15) is 17.6 Å². The van der Waals surface area contributed by atoms with Gasteiger partial charge >= 0.3 is 6.03 Å². The lowest BCUT2D eigenvalue weighted by Crippen LogP contribution is -2.43. The second-order valence-corrected chi connectivity index (χ2v) is 10.5. The van der Waals surface area contributed by atoms with Crippen molar-refractivity contribution in [1.29, 1.82) is 0 Å². The van der Waals surface area contributed by atoms with Gasteiger partial charge in [-0.1, -0.05) is 18.2 Å². The first-order valence-electron chi connectivity index (χ1n) is 11.3. The van der Waals surface area contributed by atoms with Gasteiger partial charge in [0.2, 0.25) is 10.0 Å². The van der Waals surface area contributed by atoms with Crippen LogP contribution in [0, 0.1) is 5.82 Å². The van der Waals surface area contributed by atoms with Gasteiger partial charge in [0.15, 0.2) is 0 Å². The van der Waals surface area contributed by atoms with Gasteiger partial charge in [-0.05, 0) is 80.0 Å². The molecule has 4 rings (SSSR count). The maximum Gasteiger partial charge on any atom is 0.317 e. The van der Waals surface area contributed by atoms with Gasteiger partial charge < -0.3 is 10.2 Å². The van der Waals surface area contributed by atoms with Crippen molar-refractivity contribution < 1.29 is 17.6 Å². The molecule has 2 aliphatic rings. The molecule has 0 bridgehead atoms. The number of sulfonamides is 1. The molecule has 1 N–H and O–H groups in total. The molecule has 1 heterocycles. The highest BCUT2D eigenvalue weighted by Gasteiger charge is 2.28. The molecule has 32 heavy (non-hydrogen) atoms. The highest BCUT2D eigenvalue weighted by molar-refractivity contribution is 7.89. The van der Waals surface area contributed by atoms with Gasteiger partial charge in [0.25, 0.3) is 0 Å². The molecule has 1 atom stereocenters. The number of carbonyl (C=O) groups is 1. The molecule has 6 nitrogen and oxygen atoms in total. The van der Waals surface area contributed by atoms with Crippen LogP contribution in [0.15, 0.2) is 47.4 Å². The van der Waals surface area contributed by atoms with Crippen LogP contribution < -0.4 is 5.32 Å². The summed E-state index contributed by atoms with van der Waals surface area (Å²) in [6.07, 6.45) is 5.21. The molecule has 0 saturated carbocycles. The van der Waals surface area contributed by atoms with Gasteiger partial charge in [0, 0.05) is 26.2 Å². The summed E-state index contributed by atoms with van der Waals surface area (Å²) in [5.41, 5.74) is 3.88. The average Bonchev–Trinajstić information content (AvgIpc) is 3.06. The van der Waals surface area contributed by atoms with Gasteiger partial charge in [-0.25, -0.2) is 17.6 Å². The van der Waals surface area contributed by atoms with Crippen LogP contribution in [0.3, 0.4) is 0 Å². The SMILES string of the molecule is CC(NC(=O)N1CCCN(S(=O)(=O)c2ccc(F)cc2)CC1)c1ccc2c(c1)CCCC2. The van der Waals surface area contributed by atoms with Crippen LogP contribution in [0.4, 0.5) is 9.18 Å². The van der Waals surface area contributed by atoms with Crippen LogP contribution in [0.25, 0.3) is 0 Å². The van der Waals surface area contributed by atoms with Gasteiger partial charge in [-0.2, -0.15) is 4.31 Å². The fourth-order valence-electron chi connectivity index (χ4n) is 4.48. The molecule has 1 fully saturated rings. The van der Waals surface area contributed by atoms with Crippen LogP contribution in [-0.2, 0) is 22.9 Å². The van der Waals surface area contributed by atoms with Crippen molar-refractivity contribution in [2.45, 2.75) is 50.0 Å². The van der Waals surface area contributed by atoms with Crippen molar-refractivity contribution in [2.75, 3.05) is 26.2 Å². The van der Waals surface area contributed by atoms with Crippen LogP contribution in [0.5, 0.6) is 0 Å². The Labute approximate surface area is 189 Å². The van der Waals surface area contributed by atoms with Crippen molar-refractivity contribution in [3.8, 4) is 0 Å². The molecule has 0 aromatic heterocycles. The monoisotopic (exact) mass is 459 g/mol. The minimum atomic E-state index is -3.72. The Morgan fingerprint density at radius 3 is 2.41 bits per heavy atom.